The molecule has 0 aliphatic carbocycles. The van der Waals surface area contributed by atoms with Gasteiger partial charge in [-0.15, -0.1) is 0 Å². The second-order valence-corrected chi connectivity index (χ2v) is 8.30. The second kappa shape index (κ2) is 9.70. The van der Waals surface area contributed by atoms with Gasteiger partial charge in [-0.1, -0.05) is 0 Å². The number of ether oxygens (including phenoxy) is 3. The first kappa shape index (κ1) is 22.9. The van der Waals surface area contributed by atoms with Crippen LogP contribution in [0.4, 0.5) is 0 Å². The van der Waals surface area contributed by atoms with Crippen molar-refractivity contribution in [2.24, 2.45) is 0 Å². The van der Waals surface area contributed by atoms with Gasteiger partial charge in [-0.2, -0.15) is 0 Å². The van der Waals surface area contributed by atoms with E-state index in [1.807, 2.05) is 38.1 Å². The van der Waals surface area contributed by atoms with Gasteiger partial charge < -0.3 is 28.8 Å². The quantitative estimate of drug-likeness (QED) is 0.430. The maximum absolute atomic E-state index is 11.8. The van der Waals surface area contributed by atoms with Crippen molar-refractivity contribution in [1.29, 1.82) is 0 Å². The minimum absolute atomic E-state index is 0.125. The number of hydrogen-bond acceptors (Lipinski definition) is 6. The molecular formula is C25H28N2O5S. The molecule has 7 nitrogen and oxygen atoms in total. The first-order valence-corrected chi connectivity index (χ1v) is 11.3. The van der Waals surface area contributed by atoms with Gasteiger partial charge in [0.25, 0.3) is 0 Å². The van der Waals surface area contributed by atoms with Crippen LogP contribution in [0.15, 0.2) is 45.6 Å². The Morgan fingerprint density at radius 1 is 1.18 bits per heavy atom. The summed E-state index contributed by atoms with van der Waals surface area (Å²) in [5.74, 6) is 2.00. The Labute approximate surface area is 198 Å². The summed E-state index contributed by atoms with van der Waals surface area (Å²) < 4.78 is 22.6. The van der Waals surface area contributed by atoms with Crippen LogP contribution in [0.2, 0.25) is 0 Å². The minimum atomic E-state index is -0.374. The number of methoxy groups -OCH3 is 2. The summed E-state index contributed by atoms with van der Waals surface area (Å²) in [6.45, 7) is 5.77. The van der Waals surface area contributed by atoms with Gasteiger partial charge in [0.2, 0.25) is 0 Å². The van der Waals surface area contributed by atoms with E-state index in [9.17, 15) is 4.79 Å². The monoisotopic (exact) mass is 468 g/mol. The molecular weight excluding hydrogens is 440 g/mol. The number of nitrogens with zero attached hydrogens (tertiary/aromatic N) is 1. The molecule has 0 bridgehead atoms. The van der Waals surface area contributed by atoms with Gasteiger partial charge in [-0.3, -0.25) is 0 Å². The highest BCUT2D eigenvalue weighted by atomic mass is 32.1. The molecule has 0 amide bonds. The Bertz CT molecular complexity index is 1240. The van der Waals surface area contributed by atoms with E-state index in [2.05, 4.69) is 10.2 Å². The number of fused-ring (bicyclic) bond motifs is 2. The summed E-state index contributed by atoms with van der Waals surface area (Å²) in [5, 5.41) is 4.83. The third-order valence-corrected chi connectivity index (χ3v) is 6.30. The predicted octanol–water partition coefficient (Wildman–Crippen LogP) is 3.99. The van der Waals surface area contributed by atoms with Gasteiger partial charge in [0, 0.05) is 30.6 Å². The highest BCUT2D eigenvalue weighted by molar-refractivity contribution is 7.80. The molecule has 0 radical (unpaired) electrons. The van der Waals surface area contributed by atoms with Gasteiger partial charge in [0.05, 0.1) is 20.3 Å². The first-order chi connectivity index (χ1) is 15.9. The van der Waals surface area contributed by atoms with E-state index in [-0.39, 0.29) is 11.7 Å². The molecule has 0 saturated carbocycles. The first-order valence-electron chi connectivity index (χ1n) is 10.9. The number of thiocarbonyl (C=S) groups is 1. The van der Waals surface area contributed by atoms with Crippen LogP contribution in [-0.4, -0.2) is 43.9 Å². The van der Waals surface area contributed by atoms with Crippen molar-refractivity contribution in [2.75, 3.05) is 33.9 Å². The smallest absolute Gasteiger partial charge is 0.336 e. The molecule has 1 atom stereocenters. The number of rotatable bonds is 6. The molecule has 0 unspecified atom stereocenters. The molecule has 2 aromatic carbocycles. The Kier molecular flexibility index (Phi) is 6.74. The van der Waals surface area contributed by atoms with E-state index >= 15 is 0 Å². The molecule has 0 fully saturated rings. The summed E-state index contributed by atoms with van der Waals surface area (Å²) in [5.41, 5.74) is 3.27. The zero-order valence-corrected chi connectivity index (χ0v) is 20.1. The zero-order valence-electron chi connectivity index (χ0n) is 19.3. The maximum Gasteiger partial charge on any atom is 0.336 e. The van der Waals surface area contributed by atoms with Crippen molar-refractivity contribution in [3.8, 4) is 17.2 Å². The van der Waals surface area contributed by atoms with Gasteiger partial charge in [0.15, 0.2) is 16.6 Å². The fourth-order valence-electron chi connectivity index (χ4n) is 4.27. The second-order valence-electron chi connectivity index (χ2n) is 7.92. The van der Waals surface area contributed by atoms with Crippen LogP contribution in [0.1, 0.15) is 29.7 Å². The highest BCUT2D eigenvalue weighted by Gasteiger charge is 2.31. The number of nitrogens with one attached hydrogen (secondary N) is 1. The molecule has 4 rings (SSSR count). The van der Waals surface area contributed by atoms with Gasteiger partial charge in [-0.25, -0.2) is 4.79 Å². The molecule has 1 aromatic heterocycles. The van der Waals surface area contributed by atoms with Crippen LogP contribution in [0.25, 0.3) is 11.0 Å². The molecule has 2 heterocycles. The van der Waals surface area contributed by atoms with Crippen molar-refractivity contribution in [2.45, 2.75) is 26.3 Å². The van der Waals surface area contributed by atoms with Crippen LogP contribution >= 0.6 is 12.2 Å². The van der Waals surface area contributed by atoms with Crippen LogP contribution in [0.3, 0.4) is 0 Å². The predicted molar refractivity (Wildman–Crippen MR) is 132 cm³/mol. The fourth-order valence-corrected chi connectivity index (χ4v) is 4.64. The normalized spacial score (nSPS) is 15.2. The lowest BCUT2D eigenvalue weighted by Crippen LogP contribution is -2.47. The lowest BCUT2D eigenvalue weighted by molar-refractivity contribution is 0.187. The van der Waals surface area contributed by atoms with Crippen LogP contribution in [0.5, 0.6) is 17.2 Å². The van der Waals surface area contributed by atoms with E-state index < -0.39 is 0 Å². The summed E-state index contributed by atoms with van der Waals surface area (Å²) in [6.07, 6.45) is 0.831. The van der Waals surface area contributed by atoms with Gasteiger partial charge in [-0.05, 0) is 73.4 Å². The largest absolute Gasteiger partial charge is 0.493 e. The van der Waals surface area contributed by atoms with Crippen LogP contribution in [-0.2, 0) is 6.42 Å². The van der Waals surface area contributed by atoms with E-state index in [4.69, 9.17) is 30.8 Å². The van der Waals surface area contributed by atoms with Crippen molar-refractivity contribution in [3.63, 3.8) is 0 Å². The molecule has 1 aliphatic heterocycles. The maximum atomic E-state index is 11.8. The highest BCUT2D eigenvalue weighted by Crippen LogP contribution is 2.38. The van der Waals surface area contributed by atoms with Crippen molar-refractivity contribution in [3.05, 3.63) is 63.5 Å². The third-order valence-electron chi connectivity index (χ3n) is 5.92. The average molecular weight is 469 g/mol. The van der Waals surface area contributed by atoms with Gasteiger partial charge in [0.1, 0.15) is 17.9 Å². The standard InChI is InChI=1S/C25H28N2O5S/c1-5-26-25(33)27-9-8-16-11-22(29-3)23(30-4)13-19(16)20(27)14-31-17-6-7-18-15(2)10-24(28)32-21(18)12-17/h6-7,10-13,20H,5,8-9,14H2,1-4H3,(H,26,33)/t20-/m0/s1. The molecule has 0 spiro atoms. The number of benzene rings is 2. The summed E-state index contributed by atoms with van der Waals surface area (Å²) in [6, 6.07) is 11.0. The summed E-state index contributed by atoms with van der Waals surface area (Å²) >= 11 is 5.67. The number of hydrogen-bond donors (Lipinski definition) is 1. The number of aryl methyl sites for hydroxylation is 1. The Morgan fingerprint density at radius 2 is 1.94 bits per heavy atom. The summed E-state index contributed by atoms with van der Waals surface area (Å²) in [7, 11) is 3.27. The Hall–Kier alpha value is -3.26. The van der Waals surface area contributed by atoms with Gasteiger partial charge >= 0.3 is 5.63 Å². The third kappa shape index (κ3) is 4.61. The summed E-state index contributed by atoms with van der Waals surface area (Å²) in [4.78, 5) is 13.9. The van der Waals surface area contributed by atoms with Crippen LogP contribution < -0.4 is 25.2 Å². The molecule has 1 aliphatic rings. The van der Waals surface area contributed by atoms with E-state index in [1.54, 1.807) is 20.3 Å². The van der Waals surface area contributed by atoms with Crippen molar-refractivity contribution < 1.29 is 18.6 Å². The van der Waals surface area contributed by atoms with Crippen LogP contribution in [0, 0.1) is 6.92 Å². The topological polar surface area (TPSA) is 73.2 Å². The fraction of sp³-hybridized carbons (Fsp3) is 0.360. The average Bonchev–Trinajstić information content (AvgIpc) is 2.81. The van der Waals surface area contributed by atoms with E-state index in [0.717, 1.165) is 36.0 Å². The SMILES string of the molecule is CCNC(=S)N1CCc2cc(OC)c(OC)cc2[C@@H]1COc1ccc2c(C)cc(=O)oc2c1. The van der Waals surface area contributed by atoms with E-state index in [0.29, 0.717) is 34.6 Å². The Balaban J connectivity index is 1.67. The molecule has 33 heavy (non-hydrogen) atoms. The van der Waals surface area contributed by atoms with E-state index in [1.165, 1.54) is 11.6 Å². The Morgan fingerprint density at radius 3 is 2.67 bits per heavy atom. The lowest BCUT2D eigenvalue weighted by atomic mass is 9.92. The minimum Gasteiger partial charge on any atom is -0.493 e. The zero-order chi connectivity index (χ0) is 23.5. The molecule has 8 heteroatoms. The molecule has 1 N–H and O–H groups in total. The molecule has 0 saturated heterocycles. The molecule has 174 valence electrons. The lowest BCUT2D eigenvalue weighted by Gasteiger charge is -2.39. The van der Waals surface area contributed by atoms with Crippen molar-refractivity contribution in [1.82, 2.24) is 10.2 Å². The molecule has 3 aromatic rings. The van der Waals surface area contributed by atoms with Crippen molar-refractivity contribution >= 4 is 28.3 Å².